The minimum absolute atomic E-state index is 0.381. The Labute approximate surface area is 108 Å². The highest BCUT2D eigenvalue weighted by Crippen LogP contribution is 2.28. The van der Waals surface area contributed by atoms with Crippen LogP contribution >= 0.6 is 0 Å². The summed E-state index contributed by atoms with van der Waals surface area (Å²) in [5.74, 6) is 0.381. The molecule has 0 amide bonds. The lowest BCUT2D eigenvalue weighted by molar-refractivity contribution is -0.118. The molecular weight excluding hydrogens is 220 g/mol. The van der Waals surface area contributed by atoms with Crippen LogP contribution in [0.2, 0.25) is 0 Å². The lowest BCUT2D eigenvalue weighted by Gasteiger charge is -2.17. The number of rotatable bonds is 2. The van der Waals surface area contributed by atoms with E-state index in [1.807, 2.05) is 0 Å². The predicted octanol–water partition coefficient (Wildman–Crippen LogP) is 3.85. The monoisotopic (exact) mass is 238 g/mol. The van der Waals surface area contributed by atoms with E-state index in [-0.39, 0.29) is 0 Å². The highest BCUT2D eigenvalue weighted by molar-refractivity contribution is 5.90. The Hall–Kier alpha value is -1.63. The zero-order valence-electron chi connectivity index (χ0n) is 10.8. The number of carbonyl (C=O) groups is 1. The van der Waals surface area contributed by atoms with E-state index < -0.39 is 0 Å². The molecular formula is C17H18O. The number of hydrogen-bond acceptors (Lipinski definition) is 1. The molecule has 92 valence electrons. The van der Waals surface area contributed by atoms with Gasteiger partial charge in [0.25, 0.3) is 0 Å². The molecule has 0 aromatic heterocycles. The second-order valence-corrected chi connectivity index (χ2v) is 5.22. The normalized spacial score (nSPS) is 14.8. The molecule has 1 aliphatic carbocycles. The van der Waals surface area contributed by atoms with E-state index in [2.05, 4.69) is 37.3 Å². The lowest BCUT2D eigenvalue weighted by atomic mass is 9.87. The third-order valence-corrected chi connectivity index (χ3v) is 3.87. The van der Waals surface area contributed by atoms with Crippen molar-refractivity contribution in [3.63, 3.8) is 0 Å². The van der Waals surface area contributed by atoms with E-state index in [9.17, 15) is 4.79 Å². The van der Waals surface area contributed by atoms with Crippen molar-refractivity contribution in [3.05, 3.63) is 47.0 Å². The molecule has 0 radical (unpaired) electrons. The van der Waals surface area contributed by atoms with Crippen molar-refractivity contribution in [3.8, 4) is 0 Å². The van der Waals surface area contributed by atoms with Crippen molar-refractivity contribution < 1.29 is 4.79 Å². The average Bonchev–Trinajstić information content (AvgIpc) is 2.37. The van der Waals surface area contributed by atoms with Crippen molar-refractivity contribution in [1.29, 1.82) is 0 Å². The minimum Gasteiger partial charge on any atom is -0.299 e. The standard InChI is InChI=1S/C17H18O/c1-2-4-12-5-3-6-14-9-15-10-16(18)8-7-13(15)11-17(12)14/h3,5-6,9,11H,2,4,7-8,10H2,1H3. The number of carbonyl (C=O) groups excluding carboxylic acids is 1. The Balaban J connectivity index is 2.17. The van der Waals surface area contributed by atoms with E-state index in [0.29, 0.717) is 18.6 Å². The predicted molar refractivity (Wildman–Crippen MR) is 75.0 cm³/mol. The largest absolute Gasteiger partial charge is 0.299 e. The van der Waals surface area contributed by atoms with Crippen LogP contribution in [0.15, 0.2) is 30.3 Å². The van der Waals surface area contributed by atoms with E-state index in [4.69, 9.17) is 0 Å². The van der Waals surface area contributed by atoms with Crippen LogP contribution in [0.25, 0.3) is 10.8 Å². The fourth-order valence-electron chi connectivity index (χ4n) is 2.94. The van der Waals surface area contributed by atoms with E-state index in [1.54, 1.807) is 0 Å². The molecule has 0 unspecified atom stereocenters. The Morgan fingerprint density at radius 2 is 2.00 bits per heavy atom. The first-order chi connectivity index (χ1) is 8.78. The van der Waals surface area contributed by atoms with Gasteiger partial charge in [0.1, 0.15) is 5.78 Å². The van der Waals surface area contributed by atoms with Crippen LogP contribution in [0.1, 0.15) is 36.5 Å². The van der Waals surface area contributed by atoms with Crippen molar-refractivity contribution in [1.82, 2.24) is 0 Å². The van der Waals surface area contributed by atoms with Gasteiger partial charge in [-0.25, -0.2) is 0 Å². The molecule has 0 fully saturated rings. The number of aryl methyl sites for hydroxylation is 2. The third kappa shape index (κ3) is 1.94. The molecule has 0 saturated carbocycles. The lowest BCUT2D eigenvalue weighted by Crippen LogP contribution is -2.13. The zero-order valence-corrected chi connectivity index (χ0v) is 10.8. The van der Waals surface area contributed by atoms with Gasteiger partial charge in [-0.15, -0.1) is 0 Å². The highest BCUT2D eigenvalue weighted by Gasteiger charge is 2.16. The fraction of sp³-hybridized carbons (Fsp3) is 0.353. The van der Waals surface area contributed by atoms with Gasteiger partial charge < -0.3 is 0 Å². The first kappa shape index (κ1) is 11.5. The second-order valence-electron chi connectivity index (χ2n) is 5.22. The first-order valence-electron chi connectivity index (χ1n) is 6.83. The van der Waals surface area contributed by atoms with Gasteiger partial charge in [-0.2, -0.15) is 0 Å². The molecule has 2 aromatic carbocycles. The molecule has 0 saturated heterocycles. The molecule has 0 heterocycles. The molecule has 0 spiro atoms. The first-order valence-corrected chi connectivity index (χ1v) is 6.83. The van der Waals surface area contributed by atoms with Crippen molar-refractivity contribution in [2.75, 3.05) is 0 Å². The minimum atomic E-state index is 0.381. The smallest absolute Gasteiger partial charge is 0.137 e. The van der Waals surface area contributed by atoms with E-state index >= 15 is 0 Å². The molecule has 0 atom stereocenters. The Kier molecular flexibility index (Phi) is 2.91. The van der Waals surface area contributed by atoms with Gasteiger partial charge in [0.05, 0.1) is 0 Å². The summed E-state index contributed by atoms with van der Waals surface area (Å²) in [5.41, 5.74) is 4.06. The topological polar surface area (TPSA) is 17.1 Å². The summed E-state index contributed by atoms with van der Waals surface area (Å²) in [5, 5.41) is 2.67. The van der Waals surface area contributed by atoms with Gasteiger partial charge in [-0.1, -0.05) is 43.7 Å². The Morgan fingerprint density at radius 1 is 1.11 bits per heavy atom. The van der Waals surface area contributed by atoms with Gasteiger partial charge in [0, 0.05) is 12.8 Å². The Bertz CT molecular complexity index is 610. The molecule has 3 rings (SSSR count). The summed E-state index contributed by atoms with van der Waals surface area (Å²) < 4.78 is 0. The van der Waals surface area contributed by atoms with Crippen LogP contribution < -0.4 is 0 Å². The fourth-order valence-corrected chi connectivity index (χ4v) is 2.94. The molecule has 0 bridgehead atoms. The number of hydrogen-bond donors (Lipinski definition) is 0. The van der Waals surface area contributed by atoms with Crippen molar-refractivity contribution >= 4 is 16.6 Å². The quantitative estimate of drug-likeness (QED) is 0.776. The van der Waals surface area contributed by atoms with Crippen LogP contribution in [0.3, 0.4) is 0 Å². The molecule has 1 aliphatic rings. The third-order valence-electron chi connectivity index (χ3n) is 3.87. The van der Waals surface area contributed by atoms with E-state index in [0.717, 1.165) is 12.8 Å². The van der Waals surface area contributed by atoms with Gasteiger partial charge in [-0.3, -0.25) is 4.79 Å². The second kappa shape index (κ2) is 4.56. The van der Waals surface area contributed by atoms with Gasteiger partial charge in [-0.05, 0) is 40.3 Å². The number of fused-ring (bicyclic) bond motifs is 2. The van der Waals surface area contributed by atoms with Crippen LogP contribution in [0, 0.1) is 0 Å². The zero-order chi connectivity index (χ0) is 12.5. The SMILES string of the molecule is CCCc1cccc2cc3c(cc12)CCC(=O)C3. The summed E-state index contributed by atoms with van der Waals surface area (Å²) >= 11 is 0. The summed E-state index contributed by atoms with van der Waals surface area (Å²) in [7, 11) is 0. The summed E-state index contributed by atoms with van der Waals surface area (Å²) in [6.07, 6.45) is 4.58. The molecule has 0 aliphatic heterocycles. The maximum absolute atomic E-state index is 11.5. The van der Waals surface area contributed by atoms with Gasteiger partial charge in [0.15, 0.2) is 0 Å². The van der Waals surface area contributed by atoms with Gasteiger partial charge >= 0.3 is 0 Å². The van der Waals surface area contributed by atoms with Crippen LogP contribution in [-0.4, -0.2) is 5.78 Å². The van der Waals surface area contributed by atoms with Crippen LogP contribution in [0.4, 0.5) is 0 Å². The summed E-state index contributed by atoms with van der Waals surface area (Å²) in [4.78, 5) is 11.5. The molecule has 18 heavy (non-hydrogen) atoms. The summed E-state index contributed by atoms with van der Waals surface area (Å²) in [6.45, 7) is 2.22. The van der Waals surface area contributed by atoms with Crippen LogP contribution in [0.5, 0.6) is 0 Å². The molecule has 1 nitrogen and oxygen atoms in total. The average molecular weight is 238 g/mol. The molecule has 1 heteroatoms. The van der Waals surface area contributed by atoms with Gasteiger partial charge in [0.2, 0.25) is 0 Å². The number of Topliss-reactive ketones (excluding diaryl/α,β-unsaturated/α-hetero) is 1. The maximum Gasteiger partial charge on any atom is 0.137 e. The van der Waals surface area contributed by atoms with Crippen LogP contribution in [-0.2, 0) is 24.1 Å². The van der Waals surface area contributed by atoms with E-state index in [1.165, 1.54) is 33.9 Å². The number of ketones is 1. The highest BCUT2D eigenvalue weighted by atomic mass is 16.1. The maximum atomic E-state index is 11.5. The Morgan fingerprint density at radius 3 is 2.83 bits per heavy atom. The van der Waals surface area contributed by atoms with Crippen molar-refractivity contribution in [2.24, 2.45) is 0 Å². The molecule has 0 N–H and O–H groups in total. The summed E-state index contributed by atoms with van der Waals surface area (Å²) in [6, 6.07) is 11.1. The molecule has 2 aromatic rings. The van der Waals surface area contributed by atoms with Crippen molar-refractivity contribution in [2.45, 2.75) is 39.0 Å². The number of benzene rings is 2.